The highest BCUT2D eigenvalue weighted by Crippen LogP contribution is 2.21. The second kappa shape index (κ2) is 4.11. The topological polar surface area (TPSA) is 25.8 Å². The molecule has 0 aliphatic rings. The number of rotatable bonds is 2. The minimum atomic E-state index is -0.323. The number of benzene rings is 1. The van der Waals surface area contributed by atoms with Gasteiger partial charge in [-0.05, 0) is 24.6 Å². The molecule has 1 aromatic carbocycles. The molecule has 2 nitrogen and oxygen atoms in total. The molecule has 0 fully saturated rings. The SMILES string of the molecule is CCCc1nc(Cl)c2cc(F)ccc2n1. The normalized spacial score (nSPS) is 10.9. The first-order valence-electron chi connectivity index (χ1n) is 4.82. The molecule has 0 amide bonds. The lowest BCUT2D eigenvalue weighted by molar-refractivity contribution is 0.629. The molecule has 1 aromatic heterocycles. The van der Waals surface area contributed by atoms with Crippen molar-refractivity contribution in [1.29, 1.82) is 0 Å². The summed E-state index contributed by atoms with van der Waals surface area (Å²) in [4.78, 5) is 8.42. The summed E-state index contributed by atoms with van der Waals surface area (Å²) in [7, 11) is 0. The van der Waals surface area contributed by atoms with Gasteiger partial charge < -0.3 is 0 Å². The van der Waals surface area contributed by atoms with E-state index in [1.54, 1.807) is 6.07 Å². The lowest BCUT2D eigenvalue weighted by Crippen LogP contribution is -1.96. The molecule has 0 aliphatic heterocycles. The quantitative estimate of drug-likeness (QED) is 0.731. The van der Waals surface area contributed by atoms with Crippen molar-refractivity contribution < 1.29 is 4.39 Å². The van der Waals surface area contributed by atoms with Crippen LogP contribution in [0.3, 0.4) is 0 Å². The maximum Gasteiger partial charge on any atom is 0.140 e. The van der Waals surface area contributed by atoms with Crippen molar-refractivity contribution >= 4 is 22.5 Å². The fourth-order valence-corrected chi connectivity index (χ4v) is 1.69. The van der Waals surface area contributed by atoms with E-state index in [1.807, 2.05) is 6.92 Å². The van der Waals surface area contributed by atoms with Crippen LogP contribution >= 0.6 is 11.6 Å². The average molecular weight is 225 g/mol. The van der Waals surface area contributed by atoms with Gasteiger partial charge in [0.15, 0.2) is 0 Å². The molecular formula is C11H10ClFN2. The maximum absolute atomic E-state index is 13.0. The molecule has 2 aromatic rings. The molecule has 1 heterocycles. The summed E-state index contributed by atoms with van der Waals surface area (Å²) >= 11 is 5.95. The summed E-state index contributed by atoms with van der Waals surface area (Å²) in [5.74, 6) is 0.387. The number of hydrogen-bond acceptors (Lipinski definition) is 2. The van der Waals surface area contributed by atoms with Crippen LogP contribution in [0.5, 0.6) is 0 Å². The van der Waals surface area contributed by atoms with E-state index in [0.717, 1.165) is 12.8 Å². The highest BCUT2D eigenvalue weighted by molar-refractivity contribution is 6.34. The van der Waals surface area contributed by atoms with Crippen LogP contribution in [0.1, 0.15) is 19.2 Å². The molecule has 0 radical (unpaired) electrons. The molecule has 2 rings (SSSR count). The standard InChI is InChI=1S/C11H10ClFN2/c1-2-3-10-14-9-5-4-7(13)6-8(9)11(12)15-10/h4-6H,2-3H2,1H3. The smallest absolute Gasteiger partial charge is 0.140 e. The van der Waals surface area contributed by atoms with E-state index in [0.29, 0.717) is 21.9 Å². The summed E-state index contributed by atoms with van der Waals surface area (Å²) in [6, 6.07) is 4.35. The van der Waals surface area contributed by atoms with E-state index in [4.69, 9.17) is 11.6 Å². The van der Waals surface area contributed by atoms with E-state index in [1.165, 1.54) is 12.1 Å². The second-order valence-corrected chi connectivity index (χ2v) is 3.70. The predicted molar refractivity (Wildman–Crippen MR) is 58.5 cm³/mol. The molecule has 0 atom stereocenters. The molecule has 78 valence electrons. The van der Waals surface area contributed by atoms with E-state index < -0.39 is 0 Å². The Bertz CT molecular complexity index is 499. The number of aromatic nitrogens is 2. The second-order valence-electron chi connectivity index (χ2n) is 3.34. The Labute approximate surface area is 92.1 Å². The molecule has 4 heteroatoms. The van der Waals surface area contributed by atoms with Crippen LogP contribution in [0.4, 0.5) is 4.39 Å². The van der Waals surface area contributed by atoms with E-state index in [2.05, 4.69) is 9.97 Å². The summed E-state index contributed by atoms with van der Waals surface area (Å²) in [5.41, 5.74) is 0.694. The third-order valence-electron chi connectivity index (χ3n) is 2.13. The first kappa shape index (κ1) is 10.3. The van der Waals surface area contributed by atoms with Gasteiger partial charge in [0.1, 0.15) is 16.8 Å². The fraction of sp³-hybridized carbons (Fsp3) is 0.273. The van der Waals surface area contributed by atoms with Gasteiger partial charge in [-0.15, -0.1) is 0 Å². The Balaban J connectivity index is 2.62. The number of hydrogen-bond donors (Lipinski definition) is 0. The first-order chi connectivity index (χ1) is 7.20. The Hall–Kier alpha value is -1.22. The van der Waals surface area contributed by atoms with Crippen LogP contribution in [0.25, 0.3) is 10.9 Å². The van der Waals surface area contributed by atoms with E-state index in [9.17, 15) is 4.39 Å². The van der Waals surface area contributed by atoms with Crippen molar-refractivity contribution in [2.45, 2.75) is 19.8 Å². The van der Waals surface area contributed by atoms with Crippen molar-refractivity contribution in [3.8, 4) is 0 Å². The number of fused-ring (bicyclic) bond motifs is 1. The zero-order chi connectivity index (χ0) is 10.8. The molecule has 0 N–H and O–H groups in total. The van der Waals surface area contributed by atoms with E-state index in [-0.39, 0.29) is 5.82 Å². The number of halogens is 2. The lowest BCUT2D eigenvalue weighted by atomic mass is 10.2. The molecule has 0 unspecified atom stereocenters. The van der Waals surface area contributed by atoms with Crippen LogP contribution in [0.2, 0.25) is 5.15 Å². The van der Waals surface area contributed by atoms with Crippen molar-refractivity contribution in [3.05, 3.63) is 35.0 Å². The molecule has 15 heavy (non-hydrogen) atoms. The van der Waals surface area contributed by atoms with Gasteiger partial charge >= 0.3 is 0 Å². The van der Waals surface area contributed by atoms with Gasteiger partial charge in [0.2, 0.25) is 0 Å². The summed E-state index contributed by atoms with van der Waals surface area (Å²) < 4.78 is 13.0. The zero-order valence-corrected chi connectivity index (χ0v) is 9.05. The predicted octanol–water partition coefficient (Wildman–Crippen LogP) is 3.37. The Kier molecular flexibility index (Phi) is 2.82. The molecule has 0 aliphatic carbocycles. The number of nitrogens with zero attached hydrogens (tertiary/aromatic N) is 2. The molecule has 0 saturated heterocycles. The molecule has 0 saturated carbocycles. The fourth-order valence-electron chi connectivity index (χ4n) is 1.44. The van der Waals surface area contributed by atoms with Crippen LogP contribution in [0, 0.1) is 5.82 Å². The monoisotopic (exact) mass is 224 g/mol. The zero-order valence-electron chi connectivity index (χ0n) is 8.30. The summed E-state index contributed by atoms with van der Waals surface area (Å²) in [5, 5.41) is 0.888. The highest BCUT2D eigenvalue weighted by atomic mass is 35.5. The molecule has 0 spiro atoms. The van der Waals surface area contributed by atoms with Gasteiger partial charge in [-0.1, -0.05) is 18.5 Å². The van der Waals surface area contributed by atoms with Crippen LogP contribution < -0.4 is 0 Å². The van der Waals surface area contributed by atoms with E-state index >= 15 is 0 Å². The Morgan fingerprint density at radius 2 is 2.13 bits per heavy atom. The van der Waals surface area contributed by atoms with Crippen LogP contribution in [-0.2, 0) is 6.42 Å². The average Bonchev–Trinajstić information content (AvgIpc) is 2.20. The Morgan fingerprint density at radius 1 is 1.33 bits per heavy atom. The molecule has 0 bridgehead atoms. The Morgan fingerprint density at radius 3 is 2.87 bits per heavy atom. The minimum absolute atomic E-state index is 0.322. The maximum atomic E-state index is 13.0. The van der Waals surface area contributed by atoms with Crippen molar-refractivity contribution in [3.63, 3.8) is 0 Å². The van der Waals surface area contributed by atoms with Gasteiger partial charge in [0, 0.05) is 11.8 Å². The van der Waals surface area contributed by atoms with Crippen molar-refractivity contribution in [2.75, 3.05) is 0 Å². The summed E-state index contributed by atoms with van der Waals surface area (Å²) in [6.07, 6.45) is 1.75. The third kappa shape index (κ3) is 2.07. The van der Waals surface area contributed by atoms with Gasteiger partial charge in [-0.3, -0.25) is 0 Å². The first-order valence-corrected chi connectivity index (χ1v) is 5.20. The molecular weight excluding hydrogens is 215 g/mol. The largest absolute Gasteiger partial charge is 0.233 e. The lowest BCUT2D eigenvalue weighted by Gasteiger charge is -2.03. The van der Waals surface area contributed by atoms with Gasteiger partial charge in [-0.2, -0.15) is 0 Å². The van der Waals surface area contributed by atoms with Gasteiger partial charge in [0.25, 0.3) is 0 Å². The van der Waals surface area contributed by atoms with Gasteiger partial charge in [0.05, 0.1) is 5.52 Å². The highest BCUT2D eigenvalue weighted by Gasteiger charge is 2.06. The van der Waals surface area contributed by atoms with Gasteiger partial charge in [-0.25, -0.2) is 14.4 Å². The van der Waals surface area contributed by atoms with Crippen molar-refractivity contribution in [1.82, 2.24) is 9.97 Å². The van der Waals surface area contributed by atoms with Crippen molar-refractivity contribution in [2.24, 2.45) is 0 Å². The van der Waals surface area contributed by atoms with Crippen LogP contribution in [-0.4, -0.2) is 9.97 Å². The number of aryl methyl sites for hydroxylation is 1. The summed E-state index contributed by atoms with van der Waals surface area (Å²) in [6.45, 7) is 2.05. The third-order valence-corrected chi connectivity index (χ3v) is 2.42. The van der Waals surface area contributed by atoms with Crippen LogP contribution in [0.15, 0.2) is 18.2 Å². The minimum Gasteiger partial charge on any atom is -0.233 e.